The highest BCUT2D eigenvalue weighted by Gasteiger charge is 2.30. The maximum atomic E-state index is 12.6. The minimum atomic E-state index is -0.283. The van der Waals surface area contributed by atoms with Crippen LogP contribution in [0.1, 0.15) is 43.6 Å². The molecule has 0 saturated carbocycles. The Morgan fingerprint density at radius 1 is 1.35 bits per heavy atom. The van der Waals surface area contributed by atoms with Gasteiger partial charge in [0.1, 0.15) is 5.69 Å². The molecular formula is C16H23N3O4. The monoisotopic (exact) mass is 321 g/mol. The van der Waals surface area contributed by atoms with E-state index in [1.807, 2.05) is 6.92 Å². The number of amides is 1. The van der Waals surface area contributed by atoms with E-state index in [1.165, 1.54) is 16.8 Å². The molecule has 0 aromatic carbocycles. The van der Waals surface area contributed by atoms with Gasteiger partial charge in [0.25, 0.3) is 11.5 Å². The molecule has 126 valence electrons. The highest BCUT2D eigenvalue weighted by atomic mass is 16.5. The van der Waals surface area contributed by atoms with Crippen molar-refractivity contribution in [3.8, 4) is 0 Å². The topological polar surface area (TPSA) is 81.5 Å². The van der Waals surface area contributed by atoms with E-state index >= 15 is 0 Å². The molecular weight excluding hydrogens is 298 g/mol. The first-order valence-electron chi connectivity index (χ1n) is 8.10. The predicted octanol–water partition coefficient (Wildman–Crippen LogP) is 1.07. The summed E-state index contributed by atoms with van der Waals surface area (Å²) in [5, 5.41) is 4.14. The number of hydrogen-bond donors (Lipinski definition) is 0. The summed E-state index contributed by atoms with van der Waals surface area (Å²) < 4.78 is 6.35. The SMILES string of the molecule is CCCn1nc(C(=O)N2CCCC(C(=O)OCC)C2)ccc1=O. The van der Waals surface area contributed by atoms with Crippen molar-refractivity contribution >= 4 is 11.9 Å². The maximum Gasteiger partial charge on any atom is 0.310 e. The highest BCUT2D eigenvalue weighted by Crippen LogP contribution is 2.19. The summed E-state index contributed by atoms with van der Waals surface area (Å²) in [4.78, 5) is 37.8. The van der Waals surface area contributed by atoms with Gasteiger partial charge in [-0.2, -0.15) is 5.10 Å². The number of esters is 1. The van der Waals surface area contributed by atoms with Crippen LogP contribution in [0.15, 0.2) is 16.9 Å². The average molecular weight is 321 g/mol. The Hall–Kier alpha value is -2.18. The van der Waals surface area contributed by atoms with Crippen molar-refractivity contribution < 1.29 is 14.3 Å². The lowest BCUT2D eigenvalue weighted by Crippen LogP contribution is -2.43. The molecule has 2 rings (SSSR count). The largest absolute Gasteiger partial charge is 0.466 e. The van der Waals surface area contributed by atoms with Gasteiger partial charge in [-0.3, -0.25) is 14.4 Å². The molecule has 1 aliphatic heterocycles. The zero-order valence-electron chi connectivity index (χ0n) is 13.7. The lowest BCUT2D eigenvalue weighted by Gasteiger charge is -2.31. The normalized spacial score (nSPS) is 17.8. The molecule has 7 nitrogen and oxygen atoms in total. The first-order valence-corrected chi connectivity index (χ1v) is 8.10. The fourth-order valence-corrected chi connectivity index (χ4v) is 2.71. The molecule has 0 spiro atoms. The number of aromatic nitrogens is 2. The van der Waals surface area contributed by atoms with Crippen LogP contribution in [0.4, 0.5) is 0 Å². The Balaban J connectivity index is 2.12. The number of piperidine rings is 1. The minimum Gasteiger partial charge on any atom is -0.466 e. The van der Waals surface area contributed by atoms with Crippen LogP contribution in [0.3, 0.4) is 0 Å². The summed E-state index contributed by atoms with van der Waals surface area (Å²) in [5.41, 5.74) is 0.0222. The molecule has 2 heterocycles. The van der Waals surface area contributed by atoms with E-state index in [1.54, 1.807) is 11.8 Å². The van der Waals surface area contributed by atoms with E-state index in [0.717, 1.165) is 19.3 Å². The number of aryl methyl sites for hydroxylation is 1. The number of ether oxygens (including phenoxy) is 1. The van der Waals surface area contributed by atoms with Gasteiger partial charge in [0, 0.05) is 25.7 Å². The van der Waals surface area contributed by atoms with E-state index in [-0.39, 0.29) is 29.0 Å². The maximum absolute atomic E-state index is 12.6. The first-order chi connectivity index (χ1) is 11.1. The van der Waals surface area contributed by atoms with Crippen molar-refractivity contribution in [2.45, 2.75) is 39.7 Å². The Kier molecular flexibility index (Phi) is 5.90. The van der Waals surface area contributed by atoms with Crippen LogP contribution in [0.2, 0.25) is 0 Å². The molecule has 23 heavy (non-hydrogen) atoms. The summed E-state index contributed by atoms with van der Waals surface area (Å²) in [6, 6.07) is 2.81. The molecule has 1 unspecified atom stereocenters. The number of carbonyl (C=O) groups is 2. The van der Waals surface area contributed by atoms with Gasteiger partial charge in [-0.05, 0) is 32.3 Å². The third kappa shape index (κ3) is 4.18. The summed E-state index contributed by atoms with van der Waals surface area (Å²) >= 11 is 0. The van der Waals surface area contributed by atoms with Crippen LogP contribution in [0.5, 0.6) is 0 Å². The van der Waals surface area contributed by atoms with Crippen molar-refractivity contribution in [3.05, 3.63) is 28.2 Å². The van der Waals surface area contributed by atoms with Crippen LogP contribution >= 0.6 is 0 Å². The van der Waals surface area contributed by atoms with E-state index in [2.05, 4.69) is 5.10 Å². The van der Waals surface area contributed by atoms with Crippen LogP contribution in [0.25, 0.3) is 0 Å². The lowest BCUT2D eigenvalue weighted by molar-refractivity contribution is -0.149. The second kappa shape index (κ2) is 7.89. The fourth-order valence-electron chi connectivity index (χ4n) is 2.71. The van der Waals surface area contributed by atoms with Gasteiger partial charge in [0.05, 0.1) is 12.5 Å². The smallest absolute Gasteiger partial charge is 0.310 e. The minimum absolute atomic E-state index is 0.216. The summed E-state index contributed by atoms with van der Waals surface area (Å²) in [6.07, 6.45) is 2.24. The van der Waals surface area contributed by atoms with Crippen LogP contribution in [-0.4, -0.2) is 46.3 Å². The molecule has 1 saturated heterocycles. The van der Waals surface area contributed by atoms with Gasteiger partial charge < -0.3 is 9.64 Å². The molecule has 0 bridgehead atoms. The number of hydrogen-bond acceptors (Lipinski definition) is 5. The third-order valence-electron chi connectivity index (χ3n) is 3.85. The fraction of sp³-hybridized carbons (Fsp3) is 0.625. The van der Waals surface area contributed by atoms with Crippen molar-refractivity contribution in [1.29, 1.82) is 0 Å². The molecule has 1 aromatic rings. The summed E-state index contributed by atoms with van der Waals surface area (Å²) in [5.74, 6) is -0.785. The molecule has 0 aliphatic carbocycles. The number of carbonyl (C=O) groups excluding carboxylic acids is 2. The van der Waals surface area contributed by atoms with E-state index < -0.39 is 0 Å². The zero-order chi connectivity index (χ0) is 16.8. The lowest BCUT2D eigenvalue weighted by atomic mass is 9.98. The molecule has 1 aliphatic rings. The summed E-state index contributed by atoms with van der Waals surface area (Å²) in [6.45, 7) is 5.45. The van der Waals surface area contributed by atoms with Gasteiger partial charge in [-0.15, -0.1) is 0 Å². The van der Waals surface area contributed by atoms with Crippen molar-refractivity contribution in [2.75, 3.05) is 19.7 Å². The summed E-state index contributed by atoms with van der Waals surface area (Å²) in [7, 11) is 0. The molecule has 7 heteroatoms. The van der Waals surface area contributed by atoms with Gasteiger partial charge in [-0.1, -0.05) is 6.92 Å². The molecule has 0 N–H and O–H groups in total. The molecule has 1 aromatic heterocycles. The molecule has 0 radical (unpaired) electrons. The van der Waals surface area contributed by atoms with Gasteiger partial charge in [0.2, 0.25) is 0 Å². The number of nitrogens with zero attached hydrogens (tertiary/aromatic N) is 3. The van der Waals surface area contributed by atoms with Crippen LogP contribution < -0.4 is 5.56 Å². The first kappa shape index (κ1) is 17.2. The van der Waals surface area contributed by atoms with Crippen LogP contribution in [-0.2, 0) is 16.1 Å². The van der Waals surface area contributed by atoms with Crippen LogP contribution in [0, 0.1) is 5.92 Å². The van der Waals surface area contributed by atoms with Crippen molar-refractivity contribution in [3.63, 3.8) is 0 Å². The molecule has 1 atom stereocenters. The standard InChI is InChI=1S/C16H23N3O4/c1-3-9-19-14(20)8-7-13(17-19)15(21)18-10-5-6-12(11-18)16(22)23-4-2/h7-8,12H,3-6,9-11H2,1-2H3. The van der Waals surface area contributed by atoms with Crippen molar-refractivity contribution in [1.82, 2.24) is 14.7 Å². The Bertz CT molecular complexity index is 626. The number of likely N-dealkylation sites (tertiary alicyclic amines) is 1. The Morgan fingerprint density at radius 2 is 2.13 bits per heavy atom. The second-order valence-corrected chi connectivity index (χ2v) is 5.62. The Labute approximate surface area is 135 Å². The quantitative estimate of drug-likeness (QED) is 0.758. The van der Waals surface area contributed by atoms with E-state index in [9.17, 15) is 14.4 Å². The predicted molar refractivity (Wildman–Crippen MR) is 84.0 cm³/mol. The highest BCUT2D eigenvalue weighted by molar-refractivity contribution is 5.92. The Morgan fingerprint density at radius 3 is 2.83 bits per heavy atom. The molecule has 1 fully saturated rings. The van der Waals surface area contributed by atoms with Crippen molar-refractivity contribution in [2.24, 2.45) is 5.92 Å². The van der Waals surface area contributed by atoms with E-state index in [0.29, 0.717) is 26.2 Å². The third-order valence-corrected chi connectivity index (χ3v) is 3.85. The van der Waals surface area contributed by atoms with Gasteiger partial charge >= 0.3 is 5.97 Å². The molecule has 1 amide bonds. The average Bonchev–Trinajstić information content (AvgIpc) is 2.57. The van der Waals surface area contributed by atoms with Gasteiger partial charge in [-0.25, -0.2) is 4.68 Å². The van der Waals surface area contributed by atoms with E-state index in [4.69, 9.17) is 4.74 Å². The number of rotatable bonds is 5. The van der Waals surface area contributed by atoms with Gasteiger partial charge in [0.15, 0.2) is 0 Å². The second-order valence-electron chi connectivity index (χ2n) is 5.62. The zero-order valence-corrected chi connectivity index (χ0v) is 13.7.